The van der Waals surface area contributed by atoms with Crippen LogP contribution in [0.25, 0.3) is 0 Å². The first-order chi connectivity index (χ1) is 17.5. The number of morpholine rings is 1. The van der Waals surface area contributed by atoms with Crippen molar-refractivity contribution < 1.29 is 33.7 Å². The molecule has 6 atom stereocenters. The summed E-state index contributed by atoms with van der Waals surface area (Å²) in [6, 6.07) is -1.50. The van der Waals surface area contributed by atoms with Gasteiger partial charge in [0, 0.05) is 32.7 Å². The van der Waals surface area contributed by atoms with Crippen LogP contribution in [0.15, 0.2) is 24.3 Å². The zero-order valence-corrected chi connectivity index (χ0v) is 20.9. The van der Waals surface area contributed by atoms with E-state index in [4.69, 9.17) is 14.2 Å². The normalized spacial score (nSPS) is 36.8. The van der Waals surface area contributed by atoms with Gasteiger partial charge in [0.05, 0.1) is 44.5 Å². The minimum absolute atomic E-state index is 0.208. The smallest absolute Gasteiger partial charge is 0.312 e. The van der Waals surface area contributed by atoms with Crippen molar-refractivity contribution in [3.8, 4) is 0 Å². The van der Waals surface area contributed by atoms with Crippen LogP contribution in [0.1, 0.15) is 26.2 Å². The van der Waals surface area contributed by atoms with Crippen molar-refractivity contribution in [1.29, 1.82) is 0 Å². The third-order valence-corrected chi connectivity index (χ3v) is 8.24. The number of aliphatic hydroxyl groups is 1. The molecule has 5 heterocycles. The van der Waals surface area contributed by atoms with Gasteiger partial charge < -0.3 is 29.1 Å². The number of carbonyl (C=O) groups is 3. The van der Waals surface area contributed by atoms with Gasteiger partial charge in [-0.1, -0.05) is 31.2 Å². The Balaban J connectivity index is 1.50. The van der Waals surface area contributed by atoms with Gasteiger partial charge in [-0.3, -0.25) is 19.3 Å². The van der Waals surface area contributed by atoms with Gasteiger partial charge in [-0.25, -0.2) is 0 Å². The lowest BCUT2D eigenvalue weighted by atomic mass is 9.78. The number of hydrogen-bond donors (Lipinski definition) is 1. The molecule has 1 spiro atoms. The number of hydrogen-bond acceptors (Lipinski definition) is 8. The van der Waals surface area contributed by atoms with Crippen molar-refractivity contribution in [2.45, 2.75) is 50.0 Å². The predicted octanol–water partition coefficient (Wildman–Crippen LogP) is -0.0381. The summed E-state index contributed by atoms with van der Waals surface area (Å²) in [6.07, 6.45) is 8.81. The first kappa shape index (κ1) is 25.4. The second-order valence-corrected chi connectivity index (χ2v) is 10.2. The summed E-state index contributed by atoms with van der Waals surface area (Å²) in [5, 5.41) is 10.2. The third-order valence-electron chi connectivity index (χ3n) is 8.24. The van der Waals surface area contributed by atoms with Crippen LogP contribution in [0.4, 0.5) is 0 Å². The van der Waals surface area contributed by atoms with Crippen LogP contribution in [-0.2, 0) is 28.6 Å². The number of rotatable bonds is 6. The topological polar surface area (TPSA) is 109 Å². The molecule has 198 valence electrons. The van der Waals surface area contributed by atoms with E-state index in [0.717, 1.165) is 19.5 Å². The Bertz CT molecular complexity index is 913. The maximum absolute atomic E-state index is 14.2. The molecule has 0 radical (unpaired) electrons. The highest BCUT2D eigenvalue weighted by atomic mass is 16.6. The van der Waals surface area contributed by atoms with Gasteiger partial charge in [-0.05, 0) is 19.3 Å². The van der Waals surface area contributed by atoms with Crippen LogP contribution in [0.3, 0.4) is 0 Å². The number of allylic oxidation sites excluding steroid dienone is 1. The average Bonchev–Trinajstić information content (AvgIpc) is 3.30. The van der Waals surface area contributed by atoms with E-state index in [2.05, 4.69) is 4.90 Å². The molecule has 2 amide bonds. The van der Waals surface area contributed by atoms with Gasteiger partial charge in [-0.15, -0.1) is 0 Å². The Kier molecular flexibility index (Phi) is 7.48. The number of likely N-dealkylation sites (tertiary alicyclic amines) is 1. The summed E-state index contributed by atoms with van der Waals surface area (Å²) in [5.74, 6) is -2.73. The van der Waals surface area contributed by atoms with Crippen LogP contribution in [0, 0.1) is 11.8 Å². The number of nitrogens with zero attached hydrogens (tertiary/aromatic N) is 3. The maximum atomic E-state index is 14.2. The van der Waals surface area contributed by atoms with Crippen molar-refractivity contribution in [1.82, 2.24) is 14.7 Å². The molecule has 0 saturated carbocycles. The Morgan fingerprint density at radius 2 is 1.92 bits per heavy atom. The quantitative estimate of drug-likeness (QED) is 0.398. The molecule has 1 unspecified atom stereocenters. The number of fused-ring (bicyclic) bond motifs is 2. The van der Waals surface area contributed by atoms with Crippen LogP contribution >= 0.6 is 0 Å². The molecule has 10 heteroatoms. The van der Waals surface area contributed by atoms with E-state index in [1.54, 1.807) is 4.90 Å². The maximum Gasteiger partial charge on any atom is 0.312 e. The number of cyclic esters (lactones) is 1. The number of carbonyl (C=O) groups excluding carboxylic acids is 3. The number of esters is 1. The number of aliphatic hydroxyl groups excluding tert-OH is 1. The highest BCUT2D eigenvalue weighted by molar-refractivity contribution is 5.99. The molecule has 36 heavy (non-hydrogen) atoms. The van der Waals surface area contributed by atoms with E-state index in [1.165, 1.54) is 4.90 Å². The molecule has 0 bridgehead atoms. The molecule has 5 rings (SSSR count). The fourth-order valence-electron chi connectivity index (χ4n) is 6.33. The largest absolute Gasteiger partial charge is 0.465 e. The Morgan fingerprint density at radius 3 is 2.67 bits per heavy atom. The molecule has 0 aromatic rings. The summed E-state index contributed by atoms with van der Waals surface area (Å²) in [5.41, 5.74) is -1.29. The van der Waals surface area contributed by atoms with E-state index >= 15 is 0 Å². The Hall–Kier alpha value is -2.27. The summed E-state index contributed by atoms with van der Waals surface area (Å²) in [4.78, 5) is 46.9. The van der Waals surface area contributed by atoms with Crippen molar-refractivity contribution in [3.63, 3.8) is 0 Å². The van der Waals surface area contributed by atoms with Crippen LogP contribution in [0.2, 0.25) is 0 Å². The van der Waals surface area contributed by atoms with Crippen molar-refractivity contribution in [2.24, 2.45) is 11.8 Å². The van der Waals surface area contributed by atoms with E-state index in [0.29, 0.717) is 45.7 Å². The van der Waals surface area contributed by atoms with Crippen molar-refractivity contribution in [3.05, 3.63) is 24.3 Å². The first-order valence-corrected chi connectivity index (χ1v) is 13.2. The first-order valence-electron chi connectivity index (χ1n) is 13.2. The van der Waals surface area contributed by atoms with E-state index in [-0.39, 0.29) is 25.0 Å². The molecular formula is C26H37N3O7. The second kappa shape index (κ2) is 10.6. The van der Waals surface area contributed by atoms with Gasteiger partial charge >= 0.3 is 5.97 Å². The van der Waals surface area contributed by atoms with Gasteiger partial charge in [0.25, 0.3) is 0 Å². The lowest BCUT2D eigenvalue weighted by Gasteiger charge is -2.38. The molecule has 3 saturated heterocycles. The minimum atomic E-state index is -1.29. The predicted molar refractivity (Wildman–Crippen MR) is 129 cm³/mol. The number of amides is 2. The molecule has 1 N–H and O–H groups in total. The van der Waals surface area contributed by atoms with Gasteiger partial charge in [0.15, 0.2) is 0 Å². The highest BCUT2D eigenvalue weighted by Crippen LogP contribution is 2.53. The van der Waals surface area contributed by atoms with Gasteiger partial charge in [-0.2, -0.15) is 0 Å². The minimum Gasteiger partial charge on any atom is -0.465 e. The van der Waals surface area contributed by atoms with E-state index in [1.807, 2.05) is 31.2 Å². The summed E-state index contributed by atoms with van der Waals surface area (Å²) in [7, 11) is 0. The Morgan fingerprint density at radius 1 is 1.11 bits per heavy atom. The van der Waals surface area contributed by atoms with Crippen molar-refractivity contribution in [2.75, 3.05) is 59.2 Å². The molecule has 0 aromatic heterocycles. The van der Waals surface area contributed by atoms with Crippen molar-refractivity contribution >= 4 is 17.8 Å². The summed E-state index contributed by atoms with van der Waals surface area (Å²) < 4.78 is 17.5. The molecule has 5 aliphatic heterocycles. The average molecular weight is 504 g/mol. The van der Waals surface area contributed by atoms with Crippen LogP contribution < -0.4 is 0 Å². The van der Waals surface area contributed by atoms with E-state index in [9.17, 15) is 19.5 Å². The molecule has 3 fully saturated rings. The molecule has 10 nitrogen and oxygen atoms in total. The zero-order chi connectivity index (χ0) is 25.3. The van der Waals surface area contributed by atoms with Gasteiger partial charge in [0.2, 0.25) is 11.8 Å². The molecule has 0 aromatic carbocycles. The summed E-state index contributed by atoms with van der Waals surface area (Å²) >= 11 is 0. The zero-order valence-electron chi connectivity index (χ0n) is 20.9. The Labute approximate surface area is 211 Å². The molecular weight excluding hydrogens is 466 g/mol. The third kappa shape index (κ3) is 4.27. The molecule has 0 aliphatic carbocycles. The van der Waals surface area contributed by atoms with Gasteiger partial charge in [0.1, 0.15) is 17.6 Å². The van der Waals surface area contributed by atoms with E-state index < -0.39 is 41.6 Å². The second-order valence-electron chi connectivity index (χ2n) is 10.2. The van der Waals surface area contributed by atoms with Crippen LogP contribution in [0.5, 0.6) is 0 Å². The molecule has 5 aliphatic rings. The lowest BCUT2D eigenvalue weighted by Crippen LogP contribution is -2.58. The SMILES string of the molecule is CC[C@@H](CO)N1C(=O)[C@@H]2[C@@H]3C(=O)OCCC/C=C\[C@@H]3O[C@@]23C=CCN(CCN2CCOCC2)C(=O)C13. The lowest BCUT2D eigenvalue weighted by molar-refractivity contribution is -0.156. The van der Waals surface area contributed by atoms with Crippen LogP contribution in [-0.4, -0.2) is 121 Å². The fraction of sp³-hybridized carbons (Fsp3) is 0.731. The highest BCUT2D eigenvalue weighted by Gasteiger charge is 2.72. The summed E-state index contributed by atoms with van der Waals surface area (Å²) in [6.45, 7) is 6.50. The fourth-order valence-corrected chi connectivity index (χ4v) is 6.33. The number of ether oxygens (including phenoxy) is 3. The monoisotopic (exact) mass is 503 g/mol. The standard InChI is InChI=1S/C26H37N3O7/c1-2-18(17-30)29-22-24(32)28(11-10-27-12-15-34-16-13-27)9-6-8-26(22)21(23(29)31)20-19(36-26)7-4-3-5-14-35-25(20)33/h4,6-8,18-22,30H,2-3,5,9-17H2,1H3/b7-4-/t18-,19-,20+,21-,22?,26-/m0/s1.